The Hall–Kier alpha value is -1.82. The summed E-state index contributed by atoms with van der Waals surface area (Å²) in [6.45, 7) is 5.01. The summed E-state index contributed by atoms with van der Waals surface area (Å²) in [4.78, 5) is 10.6. The van der Waals surface area contributed by atoms with Crippen molar-refractivity contribution in [3.63, 3.8) is 0 Å². The van der Waals surface area contributed by atoms with Gasteiger partial charge in [-0.25, -0.2) is 17.9 Å². The van der Waals surface area contributed by atoms with E-state index in [0.29, 0.717) is 0 Å². The molecular formula is C11H13NO5S. The third-order valence-electron chi connectivity index (χ3n) is 2.11. The molecule has 0 saturated heterocycles. The highest BCUT2D eigenvalue weighted by Crippen LogP contribution is 2.21. The molecule has 0 unspecified atom stereocenters. The molecule has 0 aliphatic carbocycles. The lowest BCUT2D eigenvalue weighted by molar-refractivity contribution is 0.0660. The first kappa shape index (κ1) is 14.2. The Morgan fingerprint density at radius 1 is 1.67 bits per heavy atom. The molecule has 0 fully saturated rings. The van der Waals surface area contributed by atoms with Crippen LogP contribution in [0.1, 0.15) is 23.2 Å². The van der Waals surface area contributed by atoms with Gasteiger partial charge in [-0.3, -0.25) is 0 Å². The summed E-state index contributed by atoms with van der Waals surface area (Å²) >= 11 is 0. The molecule has 0 saturated carbocycles. The maximum absolute atomic E-state index is 11.9. The number of carboxylic acid groups (broad SMARTS) is 1. The number of nitrogens with one attached hydrogen (secondary N) is 1. The Morgan fingerprint density at radius 2 is 2.33 bits per heavy atom. The van der Waals surface area contributed by atoms with Crippen molar-refractivity contribution in [1.82, 2.24) is 4.72 Å². The summed E-state index contributed by atoms with van der Waals surface area (Å²) in [5.74, 6) is -1.59. The van der Waals surface area contributed by atoms with Gasteiger partial charge in [-0.15, -0.1) is 5.73 Å². The van der Waals surface area contributed by atoms with Crippen LogP contribution in [0.2, 0.25) is 0 Å². The maximum atomic E-state index is 11.9. The maximum Gasteiger partial charge on any atom is 0.371 e. The number of hydrogen-bond acceptors (Lipinski definition) is 4. The zero-order valence-corrected chi connectivity index (χ0v) is 10.6. The molecule has 0 amide bonds. The van der Waals surface area contributed by atoms with Crippen molar-refractivity contribution in [3.05, 3.63) is 36.0 Å². The van der Waals surface area contributed by atoms with Gasteiger partial charge in [0.25, 0.3) is 0 Å². The number of aromatic carboxylic acids is 1. The predicted molar refractivity (Wildman–Crippen MR) is 63.9 cm³/mol. The van der Waals surface area contributed by atoms with Gasteiger partial charge in [0.1, 0.15) is 10.7 Å². The van der Waals surface area contributed by atoms with Crippen LogP contribution in [0.5, 0.6) is 0 Å². The van der Waals surface area contributed by atoms with Crippen LogP contribution in [0.3, 0.4) is 0 Å². The standard InChI is InChI=1S/C11H13NO5S/c1-3-5-6-12-18(15,16)10-7-9(11(13)14)17-8(10)4-2/h5,7,12H,1,4,6H2,2H3,(H,13,14). The van der Waals surface area contributed by atoms with Crippen molar-refractivity contribution in [2.75, 3.05) is 6.54 Å². The first-order valence-corrected chi connectivity index (χ1v) is 6.60. The van der Waals surface area contributed by atoms with E-state index in [0.717, 1.165) is 6.07 Å². The Bertz CT molecular complexity index is 593. The van der Waals surface area contributed by atoms with Crippen molar-refractivity contribution < 1.29 is 22.7 Å². The van der Waals surface area contributed by atoms with Crippen molar-refractivity contribution in [2.45, 2.75) is 18.2 Å². The van der Waals surface area contributed by atoms with Gasteiger partial charge in [0, 0.05) is 19.0 Å². The number of aryl methyl sites for hydroxylation is 1. The molecule has 1 aromatic heterocycles. The number of carboxylic acids is 1. The zero-order valence-electron chi connectivity index (χ0n) is 9.76. The van der Waals surface area contributed by atoms with Crippen LogP contribution in [0, 0.1) is 0 Å². The largest absolute Gasteiger partial charge is 0.475 e. The summed E-state index contributed by atoms with van der Waals surface area (Å²) < 4.78 is 31.0. The summed E-state index contributed by atoms with van der Waals surface area (Å²) in [6.07, 6.45) is 1.68. The monoisotopic (exact) mass is 271 g/mol. The van der Waals surface area contributed by atoms with E-state index < -0.39 is 21.8 Å². The first-order valence-electron chi connectivity index (χ1n) is 5.12. The van der Waals surface area contributed by atoms with Gasteiger partial charge in [-0.1, -0.05) is 13.5 Å². The number of hydrogen-bond donors (Lipinski definition) is 2. The van der Waals surface area contributed by atoms with Gasteiger partial charge in [0.15, 0.2) is 0 Å². The molecule has 0 bridgehead atoms. The highest BCUT2D eigenvalue weighted by molar-refractivity contribution is 7.89. The van der Waals surface area contributed by atoms with E-state index in [1.165, 1.54) is 6.08 Å². The number of rotatable bonds is 6. The fourth-order valence-electron chi connectivity index (χ4n) is 1.29. The Morgan fingerprint density at radius 3 is 2.83 bits per heavy atom. The van der Waals surface area contributed by atoms with Crippen LogP contribution in [0.15, 0.2) is 33.8 Å². The second-order valence-corrected chi connectivity index (χ2v) is 5.05. The normalized spacial score (nSPS) is 10.9. The molecule has 1 aromatic rings. The Labute approximate surface area is 105 Å². The molecule has 0 aromatic carbocycles. The molecule has 18 heavy (non-hydrogen) atoms. The second-order valence-electron chi connectivity index (χ2n) is 3.32. The number of sulfonamides is 1. The molecule has 1 rings (SSSR count). The highest BCUT2D eigenvalue weighted by Gasteiger charge is 2.24. The Balaban J connectivity index is 3.14. The summed E-state index contributed by atoms with van der Waals surface area (Å²) in [5.41, 5.74) is 2.42. The first-order chi connectivity index (χ1) is 8.42. The summed E-state index contributed by atoms with van der Waals surface area (Å²) in [7, 11) is -3.79. The van der Waals surface area contributed by atoms with Gasteiger partial charge < -0.3 is 9.52 Å². The van der Waals surface area contributed by atoms with E-state index >= 15 is 0 Å². The second kappa shape index (κ2) is 5.68. The fraction of sp³-hybridized carbons (Fsp3) is 0.273. The minimum atomic E-state index is -3.79. The lowest BCUT2D eigenvalue weighted by Gasteiger charge is -2.02. The lowest BCUT2D eigenvalue weighted by Crippen LogP contribution is -2.24. The van der Waals surface area contributed by atoms with Gasteiger partial charge in [-0.05, 0) is 6.08 Å². The SMILES string of the molecule is C=C=CCNS(=O)(=O)c1cc(C(=O)O)oc1CC. The van der Waals surface area contributed by atoms with Crippen LogP contribution in [-0.2, 0) is 16.4 Å². The predicted octanol–water partition coefficient (Wildman–Crippen LogP) is 1.16. The molecule has 7 heteroatoms. The molecule has 0 aliphatic heterocycles. The molecule has 0 atom stereocenters. The summed E-state index contributed by atoms with van der Waals surface area (Å²) in [6, 6.07) is 1.00. The average Bonchev–Trinajstić information content (AvgIpc) is 2.74. The van der Waals surface area contributed by atoms with Crippen LogP contribution in [0.4, 0.5) is 0 Å². The molecule has 1 heterocycles. The Kier molecular flexibility index (Phi) is 4.49. The average molecular weight is 271 g/mol. The van der Waals surface area contributed by atoms with Crippen LogP contribution < -0.4 is 4.72 Å². The molecule has 2 N–H and O–H groups in total. The van der Waals surface area contributed by atoms with E-state index in [2.05, 4.69) is 17.0 Å². The van der Waals surface area contributed by atoms with Crippen LogP contribution in [0.25, 0.3) is 0 Å². The highest BCUT2D eigenvalue weighted by atomic mass is 32.2. The van der Waals surface area contributed by atoms with E-state index in [1.807, 2.05) is 0 Å². The molecule has 0 radical (unpaired) electrons. The van der Waals surface area contributed by atoms with E-state index in [4.69, 9.17) is 9.52 Å². The number of furan rings is 1. The van der Waals surface area contributed by atoms with Gasteiger partial charge in [0.05, 0.1) is 0 Å². The zero-order chi connectivity index (χ0) is 13.8. The molecule has 98 valence electrons. The molecule has 0 aliphatic rings. The van der Waals surface area contributed by atoms with E-state index in [-0.39, 0.29) is 23.6 Å². The van der Waals surface area contributed by atoms with Crippen LogP contribution >= 0.6 is 0 Å². The quantitative estimate of drug-likeness (QED) is 0.757. The smallest absolute Gasteiger partial charge is 0.371 e. The van der Waals surface area contributed by atoms with Gasteiger partial charge in [0.2, 0.25) is 15.8 Å². The molecular weight excluding hydrogens is 258 g/mol. The van der Waals surface area contributed by atoms with Crippen LogP contribution in [-0.4, -0.2) is 26.0 Å². The van der Waals surface area contributed by atoms with E-state index in [9.17, 15) is 13.2 Å². The third kappa shape index (κ3) is 3.10. The van der Waals surface area contributed by atoms with Crippen molar-refractivity contribution >= 4 is 16.0 Å². The topological polar surface area (TPSA) is 96.6 Å². The molecule has 6 nitrogen and oxygen atoms in total. The third-order valence-corrected chi connectivity index (χ3v) is 3.58. The minimum absolute atomic E-state index is 0.0303. The van der Waals surface area contributed by atoms with Gasteiger partial charge >= 0.3 is 5.97 Å². The van der Waals surface area contributed by atoms with Gasteiger partial charge in [-0.2, -0.15) is 0 Å². The lowest BCUT2D eigenvalue weighted by atomic mass is 10.3. The fourth-order valence-corrected chi connectivity index (χ4v) is 2.50. The van der Waals surface area contributed by atoms with Crippen molar-refractivity contribution in [1.29, 1.82) is 0 Å². The summed E-state index contributed by atoms with van der Waals surface area (Å²) in [5, 5.41) is 8.76. The minimum Gasteiger partial charge on any atom is -0.475 e. The molecule has 0 spiro atoms. The van der Waals surface area contributed by atoms with Crippen molar-refractivity contribution in [2.24, 2.45) is 0 Å². The van der Waals surface area contributed by atoms with Crippen molar-refractivity contribution in [3.8, 4) is 0 Å². The number of carbonyl (C=O) groups is 1. The van der Waals surface area contributed by atoms with E-state index in [1.54, 1.807) is 6.92 Å².